The highest BCUT2D eigenvalue weighted by atomic mass is 35.5. The van der Waals surface area contributed by atoms with Crippen molar-refractivity contribution in [3.63, 3.8) is 0 Å². The molecule has 0 spiro atoms. The summed E-state index contributed by atoms with van der Waals surface area (Å²) in [6, 6.07) is 7.65. The molecule has 0 bridgehead atoms. The van der Waals surface area contributed by atoms with Gasteiger partial charge in [-0.25, -0.2) is 9.97 Å². The standard InChI is InChI=1S/C13H13ClN2/c1-9(2)12-8-10(14)4-5-11(12)13-15-6-3-7-16-13/h3-9H,1-2H3. The Bertz CT molecular complexity index is 481. The maximum atomic E-state index is 6.01. The van der Waals surface area contributed by atoms with Crippen molar-refractivity contribution in [2.24, 2.45) is 0 Å². The predicted octanol–water partition coefficient (Wildman–Crippen LogP) is 3.92. The van der Waals surface area contributed by atoms with Crippen LogP contribution in [0.15, 0.2) is 36.7 Å². The van der Waals surface area contributed by atoms with E-state index in [4.69, 9.17) is 11.6 Å². The highest BCUT2D eigenvalue weighted by Gasteiger charge is 2.10. The van der Waals surface area contributed by atoms with E-state index in [1.807, 2.05) is 24.3 Å². The number of hydrogen-bond donors (Lipinski definition) is 0. The lowest BCUT2D eigenvalue weighted by Gasteiger charge is -2.11. The summed E-state index contributed by atoms with van der Waals surface area (Å²) in [5, 5.41) is 0.753. The zero-order valence-electron chi connectivity index (χ0n) is 9.31. The quantitative estimate of drug-likeness (QED) is 0.784. The van der Waals surface area contributed by atoms with Gasteiger partial charge in [0.05, 0.1) is 0 Å². The Balaban J connectivity index is 2.57. The Morgan fingerprint density at radius 1 is 1.12 bits per heavy atom. The van der Waals surface area contributed by atoms with Gasteiger partial charge in [0.25, 0.3) is 0 Å². The van der Waals surface area contributed by atoms with Crippen molar-refractivity contribution in [3.8, 4) is 11.4 Å². The summed E-state index contributed by atoms with van der Waals surface area (Å²) in [5.41, 5.74) is 2.23. The molecule has 0 atom stereocenters. The first-order chi connectivity index (χ1) is 7.68. The summed E-state index contributed by atoms with van der Waals surface area (Å²) in [7, 11) is 0. The van der Waals surface area contributed by atoms with Crippen molar-refractivity contribution in [1.29, 1.82) is 0 Å². The van der Waals surface area contributed by atoms with Gasteiger partial charge in [-0.2, -0.15) is 0 Å². The Labute approximate surface area is 100 Å². The number of hydrogen-bond acceptors (Lipinski definition) is 2. The zero-order chi connectivity index (χ0) is 11.5. The summed E-state index contributed by atoms with van der Waals surface area (Å²) in [6.07, 6.45) is 3.50. The van der Waals surface area contributed by atoms with Gasteiger partial charge in [0.2, 0.25) is 0 Å². The van der Waals surface area contributed by atoms with Crippen molar-refractivity contribution in [1.82, 2.24) is 9.97 Å². The van der Waals surface area contributed by atoms with E-state index in [9.17, 15) is 0 Å². The molecule has 1 heterocycles. The third kappa shape index (κ3) is 2.22. The van der Waals surface area contributed by atoms with Gasteiger partial charge in [-0.05, 0) is 35.7 Å². The Kier molecular flexibility index (Phi) is 3.20. The molecule has 2 rings (SSSR count). The predicted molar refractivity (Wildman–Crippen MR) is 66.6 cm³/mol. The van der Waals surface area contributed by atoms with Crippen LogP contribution in [0.3, 0.4) is 0 Å². The lowest BCUT2D eigenvalue weighted by atomic mass is 9.97. The molecule has 1 aromatic carbocycles. The van der Waals surface area contributed by atoms with E-state index in [-0.39, 0.29) is 0 Å². The van der Waals surface area contributed by atoms with Gasteiger partial charge in [-0.15, -0.1) is 0 Å². The number of halogens is 1. The molecule has 0 aliphatic heterocycles. The van der Waals surface area contributed by atoms with Crippen molar-refractivity contribution in [2.45, 2.75) is 19.8 Å². The van der Waals surface area contributed by atoms with Gasteiger partial charge in [-0.1, -0.05) is 25.4 Å². The molecule has 0 radical (unpaired) electrons. The number of nitrogens with zero attached hydrogens (tertiary/aromatic N) is 2. The van der Waals surface area contributed by atoms with Gasteiger partial charge in [0.15, 0.2) is 5.82 Å². The lowest BCUT2D eigenvalue weighted by molar-refractivity contribution is 0.866. The topological polar surface area (TPSA) is 25.8 Å². The first-order valence-electron chi connectivity index (χ1n) is 5.25. The molecule has 2 nitrogen and oxygen atoms in total. The van der Waals surface area contributed by atoms with Crippen molar-refractivity contribution < 1.29 is 0 Å². The van der Waals surface area contributed by atoms with Crippen LogP contribution in [-0.2, 0) is 0 Å². The van der Waals surface area contributed by atoms with Crippen LogP contribution >= 0.6 is 11.6 Å². The monoisotopic (exact) mass is 232 g/mol. The molecule has 0 aliphatic carbocycles. The van der Waals surface area contributed by atoms with E-state index in [1.165, 1.54) is 5.56 Å². The molecular weight excluding hydrogens is 220 g/mol. The van der Waals surface area contributed by atoms with Gasteiger partial charge < -0.3 is 0 Å². The van der Waals surface area contributed by atoms with E-state index >= 15 is 0 Å². The molecule has 3 heteroatoms. The minimum Gasteiger partial charge on any atom is -0.237 e. The molecule has 1 aromatic heterocycles. The number of aromatic nitrogens is 2. The van der Waals surface area contributed by atoms with Gasteiger partial charge in [0, 0.05) is 23.0 Å². The molecule has 0 saturated heterocycles. The fourth-order valence-corrected chi connectivity index (χ4v) is 1.83. The molecular formula is C13H13ClN2. The van der Waals surface area contributed by atoms with Crippen molar-refractivity contribution >= 4 is 11.6 Å². The maximum Gasteiger partial charge on any atom is 0.159 e. The van der Waals surface area contributed by atoms with Gasteiger partial charge >= 0.3 is 0 Å². The van der Waals surface area contributed by atoms with E-state index in [0.717, 1.165) is 16.4 Å². The van der Waals surface area contributed by atoms with Crippen LogP contribution in [0.2, 0.25) is 5.02 Å². The maximum absolute atomic E-state index is 6.01. The van der Waals surface area contributed by atoms with Crippen molar-refractivity contribution in [2.75, 3.05) is 0 Å². The van der Waals surface area contributed by atoms with Gasteiger partial charge in [0.1, 0.15) is 0 Å². The second-order valence-electron chi connectivity index (χ2n) is 3.96. The first kappa shape index (κ1) is 11.1. The second kappa shape index (κ2) is 4.62. The van der Waals surface area contributed by atoms with E-state index in [1.54, 1.807) is 12.4 Å². The SMILES string of the molecule is CC(C)c1cc(Cl)ccc1-c1ncccn1. The summed E-state index contributed by atoms with van der Waals surface area (Å²) < 4.78 is 0. The molecule has 0 aliphatic rings. The van der Waals surface area contributed by atoms with Gasteiger partial charge in [-0.3, -0.25) is 0 Å². The van der Waals surface area contributed by atoms with Crippen LogP contribution in [0.4, 0.5) is 0 Å². The van der Waals surface area contributed by atoms with Crippen LogP contribution in [-0.4, -0.2) is 9.97 Å². The minimum atomic E-state index is 0.400. The summed E-state index contributed by atoms with van der Waals surface area (Å²) in [5.74, 6) is 1.15. The molecule has 16 heavy (non-hydrogen) atoms. The highest BCUT2D eigenvalue weighted by molar-refractivity contribution is 6.30. The third-order valence-electron chi connectivity index (χ3n) is 2.44. The Morgan fingerprint density at radius 3 is 2.44 bits per heavy atom. The van der Waals surface area contributed by atoms with Crippen LogP contribution in [0.1, 0.15) is 25.3 Å². The van der Waals surface area contributed by atoms with Crippen LogP contribution in [0, 0.1) is 0 Å². The van der Waals surface area contributed by atoms with E-state index < -0.39 is 0 Å². The molecule has 0 fully saturated rings. The summed E-state index contributed by atoms with van der Waals surface area (Å²) in [6.45, 7) is 4.27. The number of benzene rings is 1. The van der Waals surface area contributed by atoms with E-state index in [2.05, 4.69) is 23.8 Å². The van der Waals surface area contributed by atoms with Crippen LogP contribution in [0.25, 0.3) is 11.4 Å². The largest absolute Gasteiger partial charge is 0.237 e. The first-order valence-corrected chi connectivity index (χ1v) is 5.63. The average Bonchev–Trinajstić information content (AvgIpc) is 2.30. The fraction of sp³-hybridized carbons (Fsp3) is 0.231. The summed E-state index contributed by atoms with van der Waals surface area (Å²) >= 11 is 6.01. The number of rotatable bonds is 2. The lowest BCUT2D eigenvalue weighted by Crippen LogP contribution is -1.95. The summed E-state index contributed by atoms with van der Waals surface area (Å²) in [4.78, 5) is 8.54. The average molecular weight is 233 g/mol. The second-order valence-corrected chi connectivity index (χ2v) is 4.40. The molecule has 2 aromatic rings. The normalized spacial score (nSPS) is 10.8. The van der Waals surface area contributed by atoms with Crippen molar-refractivity contribution in [3.05, 3.63) is 47.2 Å². The Hall–Kier alpha value is -1.41. The molecule has 0 unspecified atom stereocenters. The third-order valence-corrected chi connectivity index (χ3v) is 2.68. The van der Waals surface area contributed by atoms with Crippen LogP contribution < -0.4 is 0 Å². The molecule has 82 valence electrons. The zero-order valence-corrected chi connectivity index (χ0v) is 10.1. The molecule has 0 saturated carbocycles. The Morgan fingerprint density at radius 2 is 1.81 bits per heavy atom. The molecule has 0 amide bonds. The van der Waals surface area contributed by atoms with E-state index in [0.29, 0.717) is 5.92 Å². The fourth-order valence-electron chi connectivity index (χ4n) is 1.65. The minimum absolute atomic E-state index is 0.400. The smallest absolute Gasteiger partial charge is 0.159 e. The molecule has 0 N–H and O–H groups in total. The highest BCUT2D eigenvalue weighted by Crippen LogP contribution is 2.29. The van der Waals surface area contributed by atoms with Crippen LogP contribution in [0.5, 0.6) is 0 Å².